The van der Waals surface area contributed by atoms with Gasteiger partial charge in [0.05, 0.1) is 17.3 Å². The largest absolute Gasteiger partial charge is 0.466 e. The van der Waals surface area contributed by atoms with E-state index >= 15 is 0 Å². The van der Waals surface area contributed by atoms with Crippen molar-refractivity contribution in [1.29, 1.82) is 0 Å². The maximum atomic E-state index is 12.7. The van der Waals surface area contributed by atoms with E-state index in [1.54, 1.807) is 37.3 Å². The summed E-state index contributed by atoms with van der Waals surface area (Å²) in [5, 5.41) is -0.632. The summed E-state index contributed by atoms with van der Waals surface area (Å²) >= 11 is 0. The van der Waals surface area contributed by atoms with E-state index in [9.17, 15) is 13.2 Å². The lowest BCUT2D eigenvalue weighted by molar-refractivity contribution is -0.136. The molecule has 20 heavy (non-hydrogen) atoms. The van der Waals surface area contributed by atoms with E-state index in [0.717, 1.165) is 0 Å². The molecule has 0 saturated heterocycles. The van der Waals surface area contributed by atoms with Crippen LogP contribution in [0.4, 0.5) is 0 Å². The zero-order valence-electron chi connectivity index (χ0n) is 11.6. The number of carbonyl (C=O) groups is 1. The van der Waals surface area contributed by atoms with E-state index in [1.807, 2.05) is 0 Å². The molecule has 1 aromatic carbocycles. The van der Waals surface area contributed by atoms with Gasteiger partial charge in [0.25, 0.3) is 0 Å². The van der Waals surface area contributed by atoms with E-state index in [2.05, 4.69) is 0 Å². The maximum Gasteiger partial charge on any atom is 0.333 e. The first-order valence-electron chi connectivity index (χ1n) is 6.55. The minimum Gasteiger partial charge on any atom is -0.466 e. The second-order valence-corrected chi connectivity index (χ2v) is 7.02. The van der Waals surface area contributed by atoms with E-state index < -0.39 is 21.1 Å². The summed E-state index contributed by atoms with van der Waals surface area (Å²) in [6, 6.07) is 8.37. The number of rotatable bonds is 3. The molecule has 1 atom stereocenters. The Kier molecular flexibility index (Phi) is 4.28. The van der Waals surface area contributed by atoms with Gasteiger partial charge >= 0.3 is 5.97 Å². The van der Waals surface area contributed by atoms with Gasteiger partial charge in [0, 0.05) is 5.57 Å². The van der Waals surface area contributed by atoms with Gasteiger partial charge in [-0.1, -0.05) is 18.2 Å². The second-order valence-electron chi connectivity index (χ2n) is 4.89. The summed E-state index contributed by atoms with van der Waals surface area (Å²) in [7, 11) is -2.13. The molecule has 1 unspecified atom stereocenters. The second kappa shape index (κ2) is 5.79. The summed E-state index contributed by atoms with van der Waals surface area (Å²) in [6.07, 6.45) is 1.81. The van der Waals surface area contributed by atoms with E-state index in [1.165, 1.54) is 7.11 Å². The zero-order chi connectivity index (χ0) is 14.8. The Hall–Kier alpha value is -1.62. The molecule has 0 aromatic heterocycles. The molecular formula is C15H18O4S. The van der Waals surface area contributed by atoms with Crippen molar-refractivity contribution in [2.24, 2.45) is 0 Å². The SMILES string of the molecule is COC(=O)C1=C(C)C(S(=O)(=O)c2ccccc2)CCC1. The van der Waals surface area contributed by atoms with Crippen LogP contribution in [0.3, 0.4) is 0 Å². The predicted octanol–water partition coefficient (Wildman–Crippen LogP) is 2.50. The number of hydrogen-bond donors (Lipinski definition) is 0. The van der Waals surface area contributed by atoms with Crippen molar-refractivity contribution < 1.29 is 17.9 Å². The van der Waals surface area contributed by atoms with E-state index in [4.69, 9.17) is 4.74 Å². The molecule has 0 saturated carbocycles. The molecular weight excluding hydrogens is 276 g/mol. The number of ether oxygens (including phenoxy) is 1. The normalized spacial score (nSPS) is 19.8. The Bertz CT molecular complexity index is 629. The first-order chi connectivity index (χ1) is 9.48. The summed E-state index contributed by atoms with van der Waals surface area (Å²) < 4.78 is 30.1. The predicted molar refractivity (Wildman–Crippen MR) is 76.0 cm³/mol. The molecule has 108 valence electrons. The van der Waals surface area contributed by atoms with Gasteiger partial charge in [-0.25, -0.2) is 13.2 Å². The number of methoxy groups -OCH3 is 1. The van der Waals surface area contributed by atoms with Crippen LogP contribution < -0.4 is 0 Å². The lowest BCUT2D eigenvalue weighted by atomic mass is 9.92. The fourth-order valence-corrected chi connectivity index (χ4v) is 4.57. The van der Waals surface area contributed by atoms with Crippen molar-refractivity contribution in [3.63, 3.8) is 0 Å². The first kappa shape index (κ1) is 14.8. The molecule has 0 spiro atoms. The van der Waals surface area contributed by atoms with Crippen LogP contribution in [0.5, 0.6) is 0 Å². The lowest BCUT2D eigenvalue weighted by Gasteiger charge is -2.25. The molecule has 0 radical (unpaired) electrons. The van der Waals surface area contributed by atoms with Gasteiger partial charge in [-0.15, -0.1) is 0 Å². The molecule has 5 heteroatoms. The lowest BCUT2D eigenvalue weighted by Crippen LogP contribution is -2.28. The smallest absolute Gasteiger partial charge is 0.333 e. The van der Waals surface area contributed by atoms with Crippen LogP contribution in [0, 0.1) is 0 Å². The Balaban J connectivity index is 2.45. The summed E-state index contributed by atoms with van der Waals surface area (Å²) in [6.45, 7) is 1.72. The Morgan fingerprint density at radius 3 is 2.50 bits per heavy atom. The molecule has 4 nitrogen and oxygen atoms in total. The monoisotopic (exact) mass is 294 g/mol. The third kappa shape index (κ3) is 2.63. The van der Waals surface area contributed by atoms with Crippen molar-refractivity contribution in [3.05, 3.63) is 41.5 Å². The Labute approximate surface area is 119 Å². The fourth-order valence-electron chi connectivity index (χ4n) is 2.62. The molecule has 1 aliphatic rings. The third-order valence-corrected chi connectivity index (χ3v) is 6.00. The van der Waals surface area contributed by atoms with Gasteiger partial charge in [0.15, 0.2) is 9.84 Å². The van der Waals surface area contributed by atoms with E-state index in [0.29, 0.717) is 35.3 Å². The molecule has 0 bridgehead atoms. The average molecular weight is 294 g/mol. The molecule has 0 aliphatic heterocycles. The van der Waals surface area contributed by atoms with Crippen LogP contribution in [0.2, 0.25) is 0 Å². The highest BCUT2D eigenvalue weighted by Crippen LogP contribution is 2.33. The minimum atomic E-state index is -3.45. The molecule has 2 rings (SSSR count). The van der Waals surface area contributed by atoms with Crippen LogP contribution in [0.15, 0.2) is 46.4 Å². The summed E-state index contributed by atoms with van der Waals surface area (Å²) in [5.74, 6) is -0.421. The average Bonchev–Trinajstić information content (AvgIpc) is 2.47. The van der Waals surface area contributed by atoms with Crippen LogP contribution >= 0.6 is 0 Å². The van der Waals surface area contributed by atoms with Gasteiger partial charge in [0.1, 0.15) is 0 Å². The van der Waals surface area contributed by atoms with Crippen molar-refractivity contribution in [2.75, 3.05) is 7.11 Å². The van der Waals surface area contributed by atoms with Crippen LogP contribution in [0.25, 0.3) is 0 Å². The Morgan fingerprint density at radius 2 is 1.90 bits per heavy atom. The summed E-state index contributed by atoms with van der Waals surface area (Å²) in [5.41, 5.74) is 1.12. The van der Waals surface area contributed by atoms with Gasteiger partial charge in [-0.2, -0.15) is 0 Å². The number of hydrogen-bond acceptors (Lipinski definition) is 4. The topological polar surface area (TPSA) is 60.4 Å². The van der Waals surface area contributed by atoms with Gasteiger partial charge in [0.2, 0.25) is 0 Å². The van der Waals surface area contributed by atoms with Crippen molar-refractivity contribution >= 4 is 15.8 Å². The first-order valence-corrected chi connectivity index (χ1v) is 8.10. The van der Waals surface area contributed by atoms with Gasteiger partial charge < -0.3 is 4.74 Å². The number of esters is 1. The molecule has 0 heterocycles. The van der Waals surface area contributed by atoms with Crippen LogP contribution in [-0.2, 0) is 19.4 Å². The molecule has 0 N–H and O–H groups in total. The minimum absolute atomic E-state index is 0.301. The quantitative estimate of drug-likeness (QED) is 0.804. The molecule has 1 aromatic rings. The van der Waals surface area contributed by atoms with Crippen molar-refractivity contribution in [1.82, 2.24) is 0 Å². The van der Waals surface area contributed by atoms with Gasteiger partial charge in [-0.3, -0.25) is 0 Å². The van der Waals surface area contributed by atoms with Crippen LogP contribution in [-0.4, -0.2) is 26.7 Å². The van der Waals surface area contributed by atoms with Crippen molar-refractivity contribution in [3.8, 4) is 0 Å². The molecule has 0 amide bonds. The zero-order valence-corrected chi connectivity index (χ0v) is 12.4. The standard InChI is InChI=1S/C15H18O4S/c1-11-13(15(16)19-2)9-6-10-14(11)20(17,18)12-7-4-3-5-8-12/h3-5,7-8,14H,6,9-10H2,1-2H3. The maximum absolute atomic E-state index is 12.7. The summed E-state index contributed by atoms with van der Waals surface area (Å²) in [4.78, 5) is 12.0. The van der Waals surface area contributed by atoms with E-state index in [-0.39, 0.29) is 0 Å². The molecule has 0 fully saturated rings. The number of carbonyl (C=O) groups excluding carboxylic acids is 1. The van der Waals surface area contributed by atoms with Crippen LogP contribution in [0.1, 0.15) is 26.2 Å². The number of benzene rings is 1. The molecule has 1 aliphatic carbocycles. The Morgan fingerprint density at radius 1 is 1.25 bits per heavy atom. The van der Waals surface area contributed by atoms with Crippen molar-refractivity contribution in [2.45, 2.75) is 36.3 Å². The van der Waals surface area contributed by atoms with Gasteiger partial charge in [-0.05, 0) is 43.9 Å². The third-order valence-electron chi connectivity index (χ3n) is 3.73. The highest BCUT2D eigenvalue weighted by molar-refractivity contribution is 7.92. The fraction of sp³-hybridized carbons (Fsp3) is 0.400. The highest BCUT2D eigenvalue weighted by atomic mass is 32.2. The highest BCUT2D eigenvalue weighted by Gasteiger charge is 2.34. The number of sulfone groups is 1.